The largest absolute Gasteiger partial charge is 0.466 e. The SMILES string of the molecule is CC(C)CCCOC(=O)CCCC(=O)NC(C)c1ccccc1. The van der Waals surface area contributed by atoms with E-state index < -0.39 is 0 Å². The molecule has 1 atom stereocenters. The predicted octanol–water partition coefficient (Wildman–Crippen LogP) is 4.01. The van der Waals surface area contributed by atoms with E-state index in [1.807, 2.05) is 37.3 Å². The van der Waals surface area contributed by atoms with Crippen LogP contribution in [0.4, 0.5) is 0 Å². The van der Waals surface area contributed by atoms with Gasteiger partial charge in [0.05, 0.1) is 12.6 Å². The van der Waals surface area contributed by atoms with Crippen molar-refractivity contribution in [1.29, 1.82) is 0 Å². The second kappa shape index (κ2) is 10.8. The lowest BCUT2D eigenvalue weighted by Crippen LogP contribution is -2.26. The van der Waals surface area contributed by atoms with Crippen molar-refractivity contribution in [3.8, 4) is 0 Å². The molecule has 1 aromatic carbocycles. The quantitative estimate of drug-likeness (QED) is 0.523. The molecule has 1 N–H and O–H groups in total. The minimum absolute atomic E-state index is 0.0216. The van der Waals surface area contributed by atoms with Crippen molar-refractivity contribution >= 4 is 11.9 Å². The number of amides is 1. The second-order valence-corrected chi connectivity index (χ2v) is 6.31. The molecule has 0 saturated carbocycles. The molecule has 0 fully saturated rings. The third-order valence-corrected chi connectivity index (χ3v) is 3.65. The highest BCUT2D eigenvalue weighted by Gasteiger charge is 2.10. The van der Waals surface area contributed by atoms with Crippen LogP contribution in [-0.2, 0) is 14.3 Å². The van der Waals surface area contributed by atoms with E-state index in [-0.39, 0.29) is 17.9 Å². The molecule has 0 radical (unpaired) electrons. The first-order valence-electron chi connectivity index (χ1n) is 8.49. The van der Waals surface area contributed by atoms with Gasteiger partial charge in [-0.15, -0.1) is 0 Å². The van der Waals surface area contributed by atoms with E-state index in [1.165, 1.54) is 0 Å². The zero-order chi connectivity index (χ0) is 17.1. The highest BCUT2D eigenvalue weighted by molar-refractivity contribution is 5.77. The number of carbonyl (C=O) groups excluding carboxylic acids is 2. The summed E-state index contributed by atoms with van der Waals surface area (Å²) >= 11 is 0. The highest BCUT2D eigenvalue weighted by Crippen LogP contribution is 2.11. The van der Waals surface area contributed by atoms with Gasteiger partial charge in [0.15, 0.2) is 0 Å². The Kier molecular flexibility index (Phi) is 9.03. The third kappa shape index (κ3) is 9.01. The van der Waals surface area contributed by atoms with Gasteiger partial charge in [-0.2, -0.15) is 0 Å². The zero-order valence-corrected chi connectivity index (χ0v) is 14.5. The molecule has 0 bridgehead atoms. The van der Waals surface area contributed by atoms with Crippen LogP contribution < -0.4 is 5.32 Å². The Hall–Kier alpha value is -1.84. The number of esters is 1. The average molecular weight is 319 g/mol. The Balaban J connectivity index is 2.13. The van der Waals surface area contributed by atoms with Crippen molar-refractivity contribution in [2.24, 2.45) is 5.92 Å². The molecule has 1 aromatic rings. The van der Waals surface area contributed by atoms with Gasteiger partial charge in [0, 0.05) is 12.8 Å². The number of hydrogen-bond donors (Lipinski definition) is 1. The summed E-state index contributed by atoms with van der Waals surface area (Å²) in [5.41, 5.74) is 1.07. The van der Waals surface area contributed by atoms with E-state index >= 15 is 0 Å². The molecule has 0 saturated heterocycles. The summed E-state index contributed by atoms with van der Waals surface area (Å²) in [6.07, 6.45) is 3.13. The smallest absolute Gasteiger partial charge is 0.305 e. The van der Waals surface area contributed by atoms with E-state index in [0.29, 0.717) is 31.8 Å². The van der Waals surface area contributed by atoms with E-state index in [2.05, 4.69) is 19.2 Å². The highest BCUT2D eigenvalue weighted by atomic mass is 16.5. The second-order valence-electron chi connectivity index (χ2n) is 6.31. The van der Waals surface area contributed by atoms with Gasteiger partial charge in [-0.25, -0.2) is 0 Å². The first-order chi connectivity index (χ1) is 11.0. The summed E-state index contributed by atoms with van der Waals surface area (Å²) in [6, 6.07) is 9.80. The number of nitrogens with one attached hydrogen (secondary N) is 1. The van der Waals surface area contributed by atoms with Gasteiger partial charge in [-0.3, -0.25) is 9.59 Å². The zero-order valence-electron chi connectivity index (χ0n) is 14.5. The molecule has 0 spiro atoms. The summed E-state index contributed by atoms with van der Waals surface area (Å²) in [7, 11) is 0. The summed E-state index contributed by atoms with van der Waals surface area (Å²) in [6.45, 7) is 6.73. The normalized spacial score (nSPS) is 12.0. The van der Waals surface area contributed by atoms with Gasteiger partial charge in [-0.05, 0) is 37.7 Å². The molecule has 0 aromatic heterocycles. The van der Waals surface area contributed by atoms with Crippen LogP contribution >= 0.6 is 0 Å². The fourth-order valence-electron chi connectivity index (χ4n) is 2.28. The van der Waals surface area contributed by atoms with Crippen molar-refractivity contribution in [3.63, 3.8) is 0 Å². The van der Waals surface area contributed by atoms with E-state index in [0.717, 1.165) is 18.4 Å². The monoisotopic (exact) mass is 319 g/mol. The Morgan fingerprint density at radius 3 is 2.39 bits per heavy atom. The lowest BCUT2D eigenvalue weighted by Gasteiger charge is -2.14. The number of carbonyl (C=O) groups is 2. The van der Waals surface area contributed by atoms with Gasteiger partial charge in [0.1, 0.15) is 0 Å². The van der Waals surface area contributed by atoms with Crippen LogP contribution in [0.15, 0.2) is 30.3 Å². The first kappa shape index (κ1) is 19.2. The molecule has 128 valence electrons. The molecule has 0 aliphatic carbocycles. The maximum absolute atomic E-state index is 11.9. The number of ether oxygens (including phenoxy) is 1. The van der Waals surface area contributed by atoms with Gasteiger partial charge >= 0.3 is 5.97 Å². The van der Waals surface area contributed by atoms with Crippen molar-refractivity contribution in [2.75, 3.05) is 6.61 Å². The molecule has 4 heteroatoms. The van der Waals surface area contributed by atoms with Gasteiger partial charge in [0.2, 0.25) is 5.91 Å². The maximum atomic E-state index is 11.9. The molecule has 1 rings (SSSR count). The van der Waals surface area contributed by atoms with Crippen molar-refractivity contribution in [3.05, 3.63) is 35.9 Å². The van der Waals surface area contributed by atoms with Gasteiger partial charge < -0.3 is 10.1 Å². The van der Waals surface area contributed by atoms with Gasteiger partial charge in [-0.1, -0.05) is 44.2 Å². The third-order valence-electron chi connectivity index (χ3n) is 3.65. The standard InChI is InChI=1S/C19H29NO3/c1-15(2)9-8-14-23-19(22)13-7-12-18(21)20-16(3)17-10-5-4-6-11-17/h4-6,10-11,15-16H,7-9,12-14H2,1-3H3,(H,20,21). The topological polar surface area (TPSA) is 55.4 Å². The fraction of sp³-hybridized carbons (Fsp3) is 0.579. The van der Waals surface area contributed by atoms with Crippen LogP contribution in [0.2, 0.25) is 0 Å². The Morgan fingerprint density at radius 1 is 1.04 bits per heavy atom. The molecule has 23 heavy (non-hydrogen) atoms. The Morgan fingerprint density at radius 2 is 1.74 bits per heavy atom. The molecule has 1 unspecified atom stereocenters. The first-order valence-corrected chi connectivity index (χ1v) is 8.49. The molecule has 1 amide bonds. The van der Waals surface area contributed by atoms with Crippen molar-refractivity contribution in [2.45, 2.75) is 58.9 Å². The lowest BCUT2D eigenvalue weighted by molar-refractivity contribution is -0.144. The van der Waals surface area contributed by atoms with E-state index in [9.17, 15) is 9.59 Å². The van der Waals surface area contributed by atoms with Crippen LogP contribution in [-0.4, -0.2) is 18.5 Å². The Bertz CT molecular complexity index is 471. The number of hydrogen-bond acceptors (Lipinski definition) is 3. The molecule has 0 aliphatic rings. The fourth-order valence-corrected chi connectivity index (χ4v) is 2.28. The minimum Gasteiger partial charge on any atom is -0.466 e. The molecular weight excluding hydrogens is 290 g/mol. The molecular formula is C19H29NO3. The number of benzene rings is 1. The van der Waals surface area contributed by atoms with Crippen LogP contribution in [0.1, 0.15) is 64.5 Å². The minimum atomic E-state index is -0.210. The summed E-state index contributed by atoms with van der Waals surface area (Å²) < 4.78 is 5.15. The molecule has 0 aliphatic heterocycles. The van der Waals surface area contributed by atoms with Crippen LogP contribution in [0.3, 0.4) is 0 Å². The van der Waals surface area contributed by atoms with Crippen LogP contribution in [0, 0.1) is 5.92 Å². The van der Waals surface area contributed by atoms with Crippen LogP contribution in [0.5, 0.6) is 0 Å². The van der Waals surface area contributed by atoms with Crippen LogP contribution in [0.25, 0.3) is 0 Å². The van der Waals surface area contributed by atoms with Crippen molar-refractivity contribution in [1.82, 2.24) is 5.32 Å². The average Bonchev–Trinajstić information content (AvgIpc) is 2.52. The summed E-state index contributed by atoms with van der Waals surface area (Å²) in [4.78, 5) is 23.4. The summed E-state index contributed by atoms with van der Waals surface area (Å²) in [5.74, 6) is 0.385. The van der Waals surface area contributed by atoms with E-state index in [1.54, 1.807) is 0 Å². The molecule has 4 nitrogen and oxygen atoms in total. The lowest BCUT2D eigenvalue weighted by atomic mass is 10.1. The van der Waals surface area contributed by atoms with Crippen molar-refractivity contribution < 1.29 is 14.3 Å². The number of rotatable bonds is 10. The Labute approximate surface area is 139 Å². The molecule has 0 heterocycles. The maximum Gasteiger partial charge on any atom is 0.305 e. The van der Waals surface area contributed by atoms with E-state index in [4.69, 9.17) is 4.74 Å². The summed E-state index contributed by atoms with van der Waals surface area (Å²) in [5, 5.41) is 2.94. The predicted molar refractivity (Wildman–Crippen MR) is 91.9 cm³/mol. The van der Waals surface area contributed by atoms with Gasteiger partial charge in [0.25, 0.3) is 0 Å².